The van der Waals surface area contributed by atoms with Crippen LogP contribution in [0, 0.1) is 5.92 Å². The number of fused-ring (bicyclic) bond motifs is 2. The first-order valence-electron chi connectivity index (χ1n) is 13.4. The molecule has 41 heavy (non-hydrogen) atoms. The van der Waals surface area contributed by atoms with E-state index >= 15 is 0 Å². The van der Waals surface area contributed by atoms with Gasteiger partial charge in [-0.05, 0) is 60.9 Å². The maximum atomic E-state index is 14.3. The average Bonchev–Trinajstić information content (AvgIpc) is 3.47. The number of halogens is 2. The normalized spacial score (nSPS) is 18.8. The number of primary amides is 1. The number of carbonyl (C=O) groups excluding carboxylic acids is 3. The number of aromatic nitrogens is 1. The lowest BCUT2D eigenvalue weighted by Gasteiger charge is -2.35. The fourth-order valence-corrected chi connectivity index (χ4v) is 6.54. The molecule has 10 heteroatoms. The van der Waals surface area contributed by atoms with Crippen molar-refractivity contribution in [3.63, 3.8) is 0 Å². The van der Waals surface area contributed by atoms with Gasteiger partial charge in [0.2, 0.25) is 5.91 Å². The van der Waals surface area contributed by atoms with Gasteiger partial charge in [0.25, 0.3) is 11.8 Å². The van der Waals surface area contributed by atoms with Gasteiger partial charge in [-0.2, -0.15) is 0 Å². The molecule has 3 heterocycles. The number of hydrogen-bond acceptors (Lipinski definition) is 4. The molecule has 8 nitrogen and oxygen atoms in total. The third-order valence-electron chi connectivity index (χ3n) is 8.20. The summed E-state index contributed by atoms with van der Waals surface area (Å²) in [4.78, 5) is 42.1. The van der Waals surface area contributed by atoms with Crippen LogP contribution in [-0.2, 0) is 21.5 Å². The fourth-order valence-electron chi connectivity index (χ4n) is 6.15. The van der Waals surface area contributed by atoms with Gasteiger partial charge in [-0.1, -0.05) is 41.4 Å². The number of hydrogen-bond donors (Lipinski definition) is 2. The molecule has 2 aliphatic heterocycles. The van der Waals surface area contributed by atoms with Gasteiger partial charge in [0.15, 0.2) is 5.54 Å². The summed E-state index contributed by atoms with van der Waals surface area (Å²) in [6.07, 6.45) is 1.20. The van der Waals surface area contributed by atoms with Crippen molar-refractivity contribution in [2.24, 2.45) is 11.7 Å². The number of likely N-dealkylation sites (tertiary alicyclic amines) is 1. The lowest BCUT2D eigenvalue weighted by molar-refractivity contribution is -0.123. The van der Waals surface area contributed by atoms with Crippen LogP contribution in [0.3, 0.4) is 0 Å². The van der Waals surface area contributed by atoms with E-state index in [1.54, 1.807) is 30.2 Å². The number of methoxy groups -OCH3 is 1. The van der Waals surface area contributed by atoms with E-state index in [-0.39, 0.29) is 30.1 Å². The maximum Gasteiger partial charge on any atom is 0.270 e. The van der Waals surface area contributed by atoms with Crippen molar-refractivity contribution in [2.45, 2.75) is 24.8 Å². The van der Waals surface area contributed by atoms with Crippen LogP contribution in [0.4, 0.5) is 5.69 Å². The Balaban J connectivity index is 1.60. The lowest BCUT2D eigenvalue weighted by atomic mass is 9.83. The molecular formula is C31H28Cl2N4O4. The summed E-state index contributed by atoms with van der Waals surface area (Å²) in [5.74, 6) is -0.552. The Hall–Kier alpha value is -4.01. The Labute approximate surface area is 247 Å². The molecule has 1 fully saturated rings. The molecule has 1 aromatic heterocycles. The van der Waals surface area contributed by atoms with Gasteiger partial charge in [-0.3, -0.25) is 14.4 Å². The quantitative estimate of drug-likeness (QED) is 0.320. The van der Waals surface area contributed by atoms with Crippen LogP contribution >= 0.6 is 23.2 Å². The Morgan fingerprint density at radius 1 is 1.02 bits per heavy atom. The first-order chi connectivity index (χ1) is 19.7. The number of carbonyl (C=O) groups is 3. The summed E-state index contributed by atoms with van der Waals surface area (Å²) >= 11 is 12.7. The van der Waals surface area contributed by atoms with Gasteiger partial charge in [0.05, 0.1) is 12.6 Å². The number of piperidine rings is 1. The van der Waals surface area contributed by atoms with Crippen molar-refractivity contribution in [3.05, 3.63) is 93.6 Å². The number of anilines is 1. The Kier molecular flexibility index (Phi) is 6.91. The molecule has 0 spiro atoms. The van der Waals surface area contributed by atoms with Gasteiger partial charge in [-0.15, -0.1) is 0 Å². The molecule has 3 N–H and O–H groups in total. The molecule has 210 valence electrons. The number of nitrogens with zero attached hydrogens (tertiary/aromatic N) is 2. The highest BCUT2D eigenvalue weighted by molar-refractivity contribution is 6.31. The molecule has 3 aromatic carbocycles. The van der Waals surface area contributed by atoms with Crippen LogP contribution in [0.1, 0.15) is 34.5 Å². The summed E-state index contributed by atoms with van der Waals surface area (Å²) in [5.41, 5.74) is 7.29. The summed E-state index contributed by atoms with van der Waals surface area (Å²) in [6.45, 7) is 0.772. The third-order valence-corrected chi connectivity index (χ3v) is 8.67. The molecule has 1 atom stereocenters. The zero-order chi connectivity index (χ0) is 28.9. The molecule has 0 aliphatic carbocycles. The fraction of sp³-hybridized carbons (Fsp3) is 0.258. The predicted molar refractivity (Wildman–Crippen MR) is 159 cm³/mol. The Morgan fingerprint density at radius 3 is 2.49 bits per heavy atom. The smallest absolute Gasteiger partial charge is 0.270 e. The topological polar surface area (TPSA) is 107 Å². The zero-order valence-electron chi connectivity index (χ0n) is 22.3. The van der Waals surface area contributed by atoms with Gasteiger partial charge >= 0.3 is 0 Å². The van der Waals surface area contributed by atoms with Gasteiger partial charge in [-0.25, -0.2) is 0 Å². The molecule has 0 radical (unpaired) electrons. The van der Waals surface area contributed by atoms with Crippen molar-refractivity contribution in [3.8, 4) is 5.75 Å². The molecule has 3 amide bonds. The molecule has 4 aromatic rings. The lowest BCUT2D eigenvalue weighted by Crippen LogP contribution is -2.47. The SMILES string of the molecule is COc1ccc2cc(C(=O)N3CCC(C(N)=O)CC3)n(C3(Cc4cccc(Cl)c4)C(=O)Nc4cc(Cl)ccc43)c2c1. The third kappa shape index (κ3) is 4.61. The monoisotopic (exact) mass is 590 g/mol. The van der Waals surface area contributed by atoms with Crippen molar-refractivity contribution >= 4 is 57.5 Å². The summed E-state index contributed by atoms with van der Waals surface area (Å²) < 4.78 is 7.39. The minimum absolute atomic E-state index is 0.221. The average molecular weight is 591 g/mol. The molecule has 0 saturated carbocycles. The molecule has 6 rings (SSSR count). The molecule has 1 saturated heterocycles. The van der Waals surface area contributed by atoms with Crippen molar-refractivity contribution in [1.29, 1.82) is 0 Å². The van der Waals surface area contributed by atoms with Crippen LogP contribution in [0.2, 0.25) is 10.0 Å². The highest BCUT2D eigenvalue weighted by Crippen LogP contribution is 2.46. The van der Waals surface area contributed by atoms with Crippen LogP contribution in [0.5, 0.6) is 5.75 Å². The Morgan fingerprint density at radius 2 is 1.78 bits per heavy atom. The first kappa shape index (κ1) is 27.2. The van der Waals surface area contributed by atoms with E-state index in [0.29, 0.717) is 64.2 Å². The largest absolute Gasteiger partial charge is 0.497 e. The number of benzene rings is 3. The van der Waals surface area contributed by atoms with E-state index in [9.17, 15) is 14.4 Å². The number of ether oxygens (including phenoxy) is 1. The van der Waals surface area contributed by atoms with Gasteiger partial charge in [0.1, 0.15) is 11.4 Å². The second kappa shape index (κ2) is 10.4. The minimum atomic E-state index is -1.35. The summed E-state index contributed by atoms with van der Waals surface area (Å²) in [6, 6.07) is 20.0. The second-order valence-corrected chi connectivity index (χ2v) is 11.4. The van der Waals surface area contributed by atoms with Crippen molar-refractivity contribution < 1.29 is 19.1 Å². The van der Waals surface area contributed by atoms with E-state index in [4.69, 9.17) is 33.7 Å². The van der Waals surface area contributed by atoms with E-state index in [0.717, 1.165) is 10.9 Å². The standard InChI is InChI=1S/C31H28Cl2N4O4/c1-41-23-7-5-20-14-27(29(39)36-11-9-19(10-12-36)28(34)38)37(26(20)16-23)31(17-18-3-2-4-21(32)13-18)24-8-6-22(33)15-25(24)35-30(31)40/h2-8,13-16,19H,9-12,17H2,1H3,(H2,34,38)(H,35,40). The van der Waals surface area contributed by atoms with E-state index < -0.39 is 5.54 Å². The number of nitrogens with one attached hydrogen (secondary N) is 1. The van der Waals surface area contributed by atoms with Crippen LogP contribution in [0.25, 0.3) is 10.9 Å². The second-order valence-electron chi connectivity index (χ2n) is 10.6. The van der Waals surface area contributed by atoms with E-state index in [2.05, 4.69) is 5.32 Å². The van der Waals surface area contributed by atoms with E-state index in [1.165, 1.54) is 0 Å². The molecular weight excluding hydrogens is 563 g/mol. The van der Waals surface area contributed by atoms with Crippen molar-refractivity contribution in [2.75, 3.05) is 25.5 Å². The number of amides is 3. The van der Waals surface area contributed by atoms with Crippen molar-refractivity contribution in [1.82, 2.24) is 9.47 Å². The molecule has 1 unspecified atom stereocenters. The van der Waals surface area contributed by atoms with Gasteiger partial charge < -0.3 is 25.3 Å². The first-order valence-corrected chi connectivity index (χ1v) is 14.1. The van der Waals surface area contributed by atoms with Crippen LogP contribution in [0.15, 0.2) is 66.7 Å². The minimum Gasteiger partial charge on any atom is -0.497 e. The highest BCUT2D eigenvalue weighted by atomic mass is 35.5. The zero-order valence-corrected chi connectivity index (χ0v) is 23.8. The van der Waals surface area contributed by atoms with Gasteiger partial charge in [0, 0.05) is 58.2 Å². The number of nitrogens with two attached hydrogens (primary N) is 1. The molecule has 0 bridgehead atoms. The van der Waals surface area contributed by atoms with Crippen LogP contribution < -0.4 is 15.8 Å². The van der Waals surface area contributed by atoms with E-state index in [1.807, 2.05) is 53.1 Å². The maximum absolute atomic E-state index is 14.3. The molecule has 2 aliphatic rings. The summed E-state index contributed by atoms with van der Waals surface area (Å²) in [5, 5.41) is 4.83. The number of rotatable bonds is 6. The predicted octanol–water partition coefficient (Wildman–Crippen LogP) is 5.23. The summed E-state index contributed by atoms with van der Waals surface area (Å²) in [7, 11) is 1.57. The highest BCUT2D eigenvalue weighted by Gasteiger charge is 2.51. The Bertz CT molecular complexity index is 1710. The van der Waals surface area contributed by atoms with Crippen LogP contribution in [-0.4, -0.2) is 47.4 Å².